The Morgan fingerprint density at radius 2 is 1.94 bits per heavy atom. The monoisotopic (exact) mass is 234 g/mol. The van der Waals surface area contributed by atoms with Gasteiger partial charge in [-0.1, -0.05) is 18.2 Å². The summed E-state index contributed by atoms with van der Waals surface area (Å²) in [6, 6.07) is 8.79. The van der Waals surface area contributed by atoms with Crippen molar-refractivity contribution in [1.29, 1.82) is 0 Å². The number of ketones is 1. The number of carbonyl (C=O) groups excluding carboxylic acids is 2. The van der Waals surface area contributed by atoms with Crippen LogP contribution in [0.4, 0.5) is 0 Å². The topological polar surface area (TPSA) is 55.9 Å². The van der Waals surface area contributed by atoms with Crippen LogP contribution in [0.3, 0.4) is 0 Å². The maximum atomic E-state index is 11.6. The first-order valence-electron chi connectivity index (χ1n) is 5.54. The van der Waals surface area contributed by atoms with Gasteiger partial charge in [0.05, 0.1) is 11.7 Å². The Balaban J connectivity index is 1.74. The number of hydrogen-bond donors (Lipinski definition) is 0. The maximum absolute atomic E-state index is 11.6. The van der Waals surface area contributed by atoms with E-state index in [-0.39, 0.29) is 30.6 Å². The Morgan fingerprint density at radius 1 is 1.24 bits per heavy atom. The largest absolute Gasteiger partial charge is 0.459 e. The summed E-state index contributed by atoms with van der Waals surface area (Å²) in [5, 5.41) is 0. The smallest absolute Gasteiger partial charge is 0.338 e. The average Bonchev–Trinajstić information content (AvgIpc) is 3.04. The van der Waals surface area contributed by atoms with Gasteiger partial charge in [-0.15, -0.1) is 0 Å². The lowest BCUT2D eigenvalue weighted by molar-refractivity contribution is -0.117. The first kappa shape index (κ1) is 11.8. The number of Topliss-reactive ketones (excluding diaryl/α,β-unsaturated/α-hetero) is 1. The summed E-state index contributed by atoms with van der Waals surface area (Å²) in [6.45, 7) is 1.74. The predicted molar refractivity (Wildman–Crippen MR) is 60.7 cm³/mol. The van der Waals surface area contributed by atoms with Crippen LogP contribution in [0.25, 0.3) is 0 Å². The van der Waals surface area contributed by atoms with Gasteiger partial charge in [-0.3, -0.25) is 4.79 Å². The van der Waals surface area contributed by atoms with Crippen LogP contribution < -0.4 is 0 Å². The second kappa shape index (κ2) is 5.10. The molecule has 4 nitrogen and oxygen atoms in total. The molecule has 90 valence electrons. The van der Waals surface area contributed by atoms with Crippen LogP contribution in [0, 0.1) is 0 Å². The fraction of sp³-hybridized carbons (Fsp3) is 0.385. The van der Waals surface area contributed by atoms with E-state index in [4.69, 9.17) is 9.47 Å². The molecule has 1 aliphatic rings. The van der Waals surface area contributed by atoms with Gasteiger partial charge >= 0.3 is 5.97 Å². The van der Waals surface area contributed by atoms with Crippen molar-refractivity contribution in [2.24, 2.45) is 0 Å². The van der Waals surface area contributed by atoms with Crippen molar-refractivity contribution in [3.8, 4) is 0 Å². The van der Waals surface area contributed by atoms with E-state index < -0.39 is 0 Å². The standard InChI is InChI=1S/C13H14O4/c1-9(14)7-11-12(17-11)8-16-13(15)10-5-3-2-4-6-10/h2-6,11-12H,7-8H2,1H3. The third kappa shape index (κ3) is 3.39. The Kier molecular flexibility index (Phi) is 3.54. The molecule has 0 bridgehead atoms. The summed E-state index contributed by atoms with van der Waals surface area (Å²) in [4.78, 5) is 22.4. The molecule has 4 heteroatoms. The fourth-order valence-electron chi connectivity index (χ4n) is 1.60. The van der Waals surface area contributed by atoms with Crippen LogP contribution in [0.15, 0.2) is 30.3 Å². The van der Waals surface area contributed by atoms with Crippen LogP contribution >= 0.6 is 0 Å². The van der Waals surface area contributed by atoms with E-state index in [0.29, 0.717) is 12.0 Å². The van der Waals surface area contributed by atoms with Crippen LogP contribution in [0.5, 0.6) is 0 Å². The molecule has 0 radical (unpaired) electrons. The summed E-state index contributed by atoms with van der Waals surface area (Å²) >= 11 is 0. The van der Waals surface area contributed by atoms with Gasteiger partial charge in [0, 0.05) is 6.42 Å². The predicted octanol–water partition coefficient (Wildman–Crippen LogP) is 1.59. The lowest BCUT2D eigenvalue weighted by Crippen LogP contribution is -2.12. The van der Waals surface area contributed by atoms with Crippen molar-refractivity contribution in [3.63, 3.8) is 0 Å². The zero-order valence-electron chi connectivity index (χ0n) is 9.59. The molecule has 0 N–H and O–H groups in total. The first-order valence-corrected chi connectivity index (χ1v) is 5.54. The van der Waals surface area contributed by atoms with Gasteiger partial charge in [-0.25, -0.2) is 4.79 Å². The Hall–Kier alpha value is -1.68. The van der Waals surface area contributed by atoms with Crippen molar-refractivity contribution < 1.29 is 19.1 Å². The molecule has 1 aromatic rings. The first-order chi connectivity index (χ1) is 8.16. The maximum Gasteiger partial charge on any atom is 0.338 e. The van der Waals surface area contributed by atoms with Gasteiger partial charge in [0.1, 0.15) is 18.5 Å². The molecule has 17 heavy (non-hydrogen) atoms. The van der Waals surface area contributed by atoms with Crippen LogP contribution in [-0.4, -0.2) is 30.6 Å². The fourth-order valence-corrected chi connectivity index (χ4v) is 1.60. The van der Waals surface area contributed by atoms with Crippen LogP contribution in [0.2, 0.25) is 0 Å². The summed E-state index contributed by atoms with van der Waals surface area (Å²) in [5.41, 5.74) is 0.524. The molecule has 0 amide bonds. The zero-order chi connectivity index (χ0) is 12.3. The normalized spacial score (nSPS) is 21.9. The summed E-state index contributed by atoms with van der Waals surface area (Å²) < 4.78 is 10.3. The van der Waals surface area contributed by atoms with Gasteiger partial charge in [0.25, 0.3) is 0 Å². The van der Waals surface area contributed by atoms with E-state index in [1.807, 2.05) is 6.07 Å². The number of rotatable bonds is 5. The number of ether oxygens (including phenoxy) is 2. The molecule has 1 heterocycles. The lowest BCUT2D eigenvalue weighted by atomic mass is 10.2. The van der Waals surface area contributed by atoms with Crippen molar-refractivity contribution in [2.45, 2.75) is 25.6 Å². The molecule has 2 rings (SSSR count). The highest BCUT2D eigenvalue weighted by molar-refractivity contribution is 5.89. The minimum atomic E-state index is -0.359. The summed E-state index contributed by atoms with van der Waals surface area (Å²) in [5.74, 6) is -0.269. The van der Waals surface area contributed by atoms with Gasteiger partial charge in [0.2, 0.25) is 0 Å². The number of benzene rings is 1. The average molecular weight is 234 g/mol. The number of esters is 1. The molecule has 0 aromatic heterocycles. The molecule has 2 unspecified atom stereocenters. The molecular weight excluding hydrogens is 220 g/mol. The van der Waals surface area contributed by atoms with Crippen molar-refractivity contribution in [3.05, 3.63) is 35.9 Å². The minimum absolute atomic E-state index is 0.0731. The molecule has 1 aromatic carbocycles. The molecule has 1 saturated heterocycles. The van der Waals surface area contributed by atoms with Crippen molar-refractivity contribution in [2.75, 3.05) is 6.61 Å². The van der Waals surface area contributed by atoms with E-state index in [1.165, 1.54) is 6.92 Å². The van der Waals surface area contributed by atoms with Gasteiger partial charge in [0.15, 0.2) is 0 Å². The van der Waals surface area contributed by atoms with Crippen LogP contribution in [0.1, 0.15) is 23.7 Å². The molecular formula is C13H14O4. The highest BCUT2D eigenvalue weighted by atomic mass is 16.6. The third-order valence-corrected chi connectivity index (χ3v) is 2.56. The SMILES string of the molecule is CC(=O)CC1OC1COC(=O)c1ccccc1. The number of carbonyl (C=O) groups is 2. The second-order valence-corrected chi connectivity index (χ2v) is 4.08. The molecule has 1 fully saturated rings. The molecule has 2 atom stereocenters. The number of hydrogen-bond acceptors (Lipinski definition) is 4. The van der Waals surface area contributed by atoms with Gasteiger partial charge < -0.3 is 9.47 Å². The van der Waals surface area contributed by atoms with Gasteiger partial charge in [-0.05, 0) is 19.1 Å². The van der Waals surface area contributed by atoms with Crippen LogP contribution in [-0.2, 0) is 14.3 Å². The quantitative estimate of drug-likeness (QED) is 0.573. The Bertz CT molecular complexity index is 413. The second-order valence-electron chi connectivity index (χ2n) is 4.08. The number of epoxide rings is 1. The van der Waals surface area contributed by atoms with Gasteiger partial charge in [-0.2, -0.15) is 0 Å². The Morgan fingerprint density at radius 3 is 2.59 bits per heavy atom. The highest BCUT2D eigenvalue weighted by Gasteiger charge is 2.40. The molecule has 1 aliphatic heterocycles. The summed E-state index contributed by atoms with van der Waals surface area (Å²) in [6.07, 6.45) is 0.204. The third-order valence-electron chi connectivity index (χ3n) is 2.56. The lowest BCUT2D eigenvalue weighted by Gasteiger charge is -2.01. The molecule has 0 aliphatic carbocycles. The highest BCUT2D eigenvalue weighted by Crippen LogP contribution is 2.25. The minimum Gasteiger partial charge on any atom is -0.459 e. The van der Waals surface area contributed by atoms with Crippen molar-refractivity contribution in [1.82, 2.24) is 0 Å². The Labute approximate surface area is 99.5 Å². The molecule has 0 spiro atoms. The van der Waals surface area contributed by atoms with Crippen molar-refractivity contribution >= 4 is 11.8 Å². The zero-order valence-corrected chi connectivity index (χ0v) is 9.59. The van der Waals surface area contributed by atoms with E-state index in [9.17, 15) is 9.59 Å². The van der Waals surface area contributed by atoms with E-state index >= 15 is 0 Å². The van der Waals surface area contributed by atoms with E-state index in [0.717, 1.165) is 0 Å². The molecule has 0 saturated carbocycles. The van der Waals surface area contributed by atoms with E-state index in [2.05, 4.69) is 0 Å². The van der Waals surface area contributed by atoms with E-state index in [1.54, 1.807) is 24.3 Å². The summed E-state index contributed by atoms with van der Waals surface area (Å²) in [7, 11) is 0.